The van der Waals surface area contributed by atoms with Gasteiger partial charge in [-0.25, -0.2) is 23.4 Å². The zero-order chi connectivity index (χ0) is 23.1. The molecule has 0 heterocycles. The van der Waals surface area contributed by atoms with E-state index in [2.05, 4.69) is 5.43 Å². The molecule has 0 unspecified atom stereocenters. The Balaban J connectivity index is 1.54. The fourth-order valence-corrected chi connectivity index (χ4v) is 3.78. The van der Waals surface area contributed by atoms with Crippen LogP contribution in [0.4, 0.5) is 4.79 Å². The second kappa shape index (κ2) is 10.2. The molecule has 0 aromatic heterocycles. The number of ether oxygens (including phenoxy) is 1. The average molecular weight is 474 g/mol. The van der Waals surface area contributed by atoms with Crippen LogP contribution in [-0.2, 0) is 16.6 Å². The van der Waals surface area contributed by atoms with Crippen LogP contribution in [0.3, 0.4) is 0 Å². The molecule has 0 aliphatic carbocycles. The number of sulfonamides is 1. The molecule has 0 atom stereocenters. The van der Waals surface area contributed by atoms with Crippen LogP contribution in [0.15, 0.2) is 77.7 Å². The summed E-state index contributed by atoms with van der Waals surface area (Å²) in [6.07, 6.45) is 0. The van der Waals surface area contributed by atoms with Gasteiger partial charge in [-0.15, -0.1) is 0 Å². The molecule has 3 rings (SSSR count). The molecule has 0 radical (unpaired) electrons. The van der Waals surface area contributed by atoms with Crippen LogP contribution in [0.2, 0.25) is 5.02 Å². The van der Waals surface area contributed by atoms with Crippen molar-refractivity contribution in [3.63, 3.8) is 0 Å². The highest BCUT2D eigenvalue weighted by Crippen LogP contribution is 2.23. The first-order chi connectivity index (χ1) is 15.2. The second-order valence-electron chi connectivity index (χ2n) is 6.74. The normalized spacial score (nSPS) is 10.8. The number of hydrogen-bond donors (Lipinski definition) is 3. The monoisotopic (exact) mass is 473 g/mol. The van der Waals surface area contributed by atoms with E-state index < -0.39 is 22.0 Å². The summed E-state index contributed by atoms with van der Waals surface area (Å²) in [7, 11) is -4.09. The molecule has 0 aliphatic heterocycles. The number of carbonyl (C=O) groups is 2. The van der Waals surface area contributed by atoms with Gasteiger partial charge in [0.2, 0.25) is 0 Å². The van der Waals surface area contributed by atoms with Gasteiger partial charge < -0.3 is 4.74 Å². The molecule has 0 fully saturated rings. The molecule has 3 amide bonds. The summed E-state index contributed by atoms with van der Waals surface area (Å²) >= 11 is 6.16. The quantitative estimate of drug-likeness (QED) is 0.474. The number of hydrogen-bond acceptors (Lipinski definition) is 5. The standard InChI is InChI=1S/C22H20ClN3O5S/c1-15-7-10-18(11-8-15)32(29,30)26-22(28)25-24-21(27)19-12-9-17(13-20(19)23)31-14-16-5-3-2-4-6-16/h2-13H,14H2,1H3,(H,24,27)(H2,25,26,28). The van der Waals surface area contributed by atoms with Crippen molar-refractivity contribution < 1.29 is 22.7 Å². The van der Waals surface area contributed by atoms with Crippen LogP contribution in [0.5, 0.6) is 5.75 Å². The summed E-state index contributed by atoms with van der Waals surface area (Å²) in [5, 5.41) is 0.0996. The molecule has 8 nitrogen and oxygen atoms in total. The predicted molar refractivity (Wildman–Crippen MR) is 120 cm³/mol. The number of aryl methyl sites for hydroxylation is 1. The minimum atomic E-state index is -4.09. The fraction of sp³-hybridized carbons (Fsp3) is 0.0909. The molecule has 0 aliphatic rings. The lowest BCUT2D eigenvalue weighted by molar-refractivity contribution is 0.0937. The highest BCUT2D eigenvalue weighted by molar-refractivity contribution is 7.90. The number of carbonyl (C=O) groups excluding carboxylic acids is 2. The van der Waals surface area contributed by atoms with Gasteiger partial charge in [0.1, 0.15) is 12.4 Å². The third kappa shape index (κ3) is 6.22. The Morgan fingerprint density at radius 3 is 2.28 bits per heavy atom. The predicted octanol–water partition coefficient (Wildman–Crippen LogP) is 3.56. The van der Waals surface area contributed by atoms with Gasteiger partial charge in [-0.05, 0) is 42.8 Å². The van der Waals surface area contributed by atoms with Gasteiger partial charge >= 0.3 is 6.03 Å². The first-order valence-corrected chi connectivity index (χ1v) is 11.3. The molecule has 0 saturated heterocycles. The summed E-state index contributed by atoms with van der Waals surface area (Å²) in [6, 6.07) is 18.8. The number of benzene rings is 3. The molecule has 3 aromatic carbocycles. The second-order valence-corrected chi connectivity index (χ2v) is 8.83. The molecule has 0 spiro atoms. The van der Waals surface area contributed by atoms with Crippen molar-refractivity contribution in [2.75, 3.05) is 0 Å². The van der Waals surface area contributed by atoms with E-state index in [1.165, 1.54) is 24.3 Å². The molecule has 32 heavy (non-hydrogen) atoms. The number of hydrazine groups is 1. The number of rotatable bonds is 6. The number of halogens is 1. The molecule has 0 bridgehead atoms. The number of urea groups is 1. The maximum absolute atomic E-state index is 12.3. The number of amides is 3. The van der Waals surface area contributed by atoms with Gasteiger partial charge in [0, 0.05) is 0 Å². The lowest BCUT2D eigenvalue weighted by atomic mass is 10.2. The highest BCUT2D eigenvalue weighted by Gasteiger charge is 2.18. The van der Waals surface area contributed by atoms with Crippen molar-refractivity contribution in [3.8, 4) is 5.75 Å². The summed E-state index contributed by atoms with van der Waals surface area (Å²) in [6.45, 7) is 2.14. The molecule has 166 valence electrons. The first-order valence-electron chi connectivity index (χ1n) is 9.41. The molecule has 10 heteroatoms. The molecular weight excluding hydrogens is 454 g/mol. The molecule has 3 aromatic rings. The van der Waals surface area contributed by atoms with E-state index >= 15 is 0 Å². The maximum Gasteiger partial charge on any atom is 0.347 e. The van der Waals surface area contributed by atoms with Crippen molar-refractivity contribution in [1.82, 2.24) is 15.6 Å². The van der Waals surface area contributed by atoms with Gasteiger partial charge in [0.05, 0.1) is 15.5 Å². The molecular formula is C22H20ClN3O5S. The van der Waals surface area contributed by atoms with E-state index in [1.807, 2.05) is 40.5 Å². The van der Waals surface area contributed by atoms with E-state index in [9.17, 15) is 18.0 Å². The Labute approximate surface area is 190 Å². The topological polar surface area (TPSA) is 114 Å². The first kappa shape index (κ1) is 23.1. The molecule has 0 saturated carbocycles. The van der Waals surface area contributed by atoms with E-state index in [1.54, 1.807) is 25.1 Å². The van der Waals surface area contributed by atoms with Crippen molar-refractivity contribution in [1.29, 1.82) is 0 Å². The zero-order valence-corrected chi connectivity index (χ0v) is 18.5. The molecule has 3 N–H and O–H groups in total. The Kier molecular flexibility index (Phi) is 7.34. The van der Waals surface area contributed by atoms with Gasteiger partial charge in [0.15, 0.2) is 0 Å². The van der Waals surface area contributed by atoms with Crippen molar-refractivity contribution >= 4 is 33.6 Å². The largest absolute Gasteiger partial charge is 0.489 e. The van der Waals surface area contributed by atoms with Crippen LogP contribution >= 0.6 is 11.6 Å². The lowest BCUT2D eigenvalue weighted by Crippen LogP contribution is -2.48. The third-order valence-corrected chi connectivity index (χ3v) is 5.94. The van der Waals surface area contributed by atoms with Crippen LogP contribution in [0.1, 0.15) is 21.5 Å². The Morgan fingerprint density at radius 2 is 1.62 bits per heavy atom. The van der Waals surface area contributed by atoms with Gasteiger partial charge in [-0.1, -0.05) is 59.6 Å². The van der Waals surface area contributed by atoms with E-state index in [4.69, 9.17) is 16.3 Å². The minimum absolute atomic E-state index is 0.0698. The third-order valence-electron chi connectivity index (χ3n) is 4.28. The van der Waals surface area contributed by atoms with E-state index in [-0.39, 0.29) is 15.5 Å². The van der Waals surface area contributed by atoms with Crippen LogP contribution in [0.25, 0.3) is 0 Å². The minimum Gasteiger partial charge on any atom is -0.489 e. The van der Waals surface area contributed by atoms with Crippen molar-refractivity contribution in [2.24, 2.45) is 0 Å². The van der Waals surface area contributed by atoms with Gasteiger partial charge in [0.25, 0.3) is 15.9 Å². The Hall–Kier alpha value is -3.56. The van der Waals surface area contributed by atoms with Gasteiger partial charge in [-0.3, -0.25) is 10.2 Å². The van der Waals surface area contributed by atoms with E-state index in [0.29, 0.717) is 12.4 Å². The summed E-state index contributed by atoms with van der Waals surface area (Å²) in [5.41, 5.74) is 6.01. The zero-order valence-electron chi connectivity index (χ0n) is 17.0. The lowest BCUT2D eigenvalue weighted by Gasteiger charge is -2.12. The SMILES string of the molecule is Cc1ccc(S(=O)(=O)NC(=O)NNC(=O)c2ccc(OCc3ccccc3)cc2Cl)cc1. The van der Waals surface area contributed by atoms with Crippen molar-refractivity contribution in [2.45, 2.75) is 18.4 Å². The smallest absolute Gasteiger partial charge is 0.347 e. The summed E-state index contributed by atoms with van der Waals surface area (Å²) < 4.78 is 31.9. The van der Waals surface area contributed by atoms with Crippen molar-refractivity contribution in [3.05, 3.63) is 94.5 Å². The van der Waals surface area contributed by atoms with Gasteiger partial charge in [-0.2, -0.15) is 0 Å². The van der Waals surface area contributed by atoms with Crippen LogP contribution in [-0.4, -0.2) is 20.4 Å². The van der Waals surface area contributed by atoms with Crippen LogP contribution < -0.4 is 20.3 Å². The van der Waals surface area contributed by atoms with E-state index in [0.717, 1.165) is 11.1 Å². The summed E-state index contributed by atoms with van der Waals surface area (Å²) in [5.74, 6) is -0.266. The average Bonchev–Trinajstić information content (AvgIpc) is 2.77. The Bertz CT molecular complexity index is 1220. The Morgan fingerprint density at radius 1 is 0.938 bits per heavy atom. The number of nitrogens with one attached hydrogen (secondary N) is 3. The summed E-state index contributed by atoms with van der Waals surface area (Å²) in [4.78, 5) is 24.1. The maximum atomic E-state index is 12.3. The fourth-order valence-electron chi connectivity index (χ4n) is 2.62. The highest BCUT2D eigenvalue weighted by atomic mass is 35.5. The van der Waals surface area contributed by atoms with Crippen LogP contribution in [0, 0.1) is 6.92 Å².